The normalized spacial score (nSPS) is 12.5. The van der Waals surface area contributed by atoms with Gasteiger partial charge in [-0.05, 0) is 57.9 Å². The van der Waals surface area contributed by atoms with Gasteiger partial charge in [0.1, 0.15) is 0 Å². The zero-order valence-electron chi connectivity index (χ0n) is 28.2. The standard InChI is InChI=1S/C48H26N4S/c1-2-13-29-25-30(22-21-27(29)11-1)43-47-44(34-17-7-10-20-40(34)53-47)50-48(49-43)52-38-19-9-6-16-33(38)36-26-35-32-15-5-8-18-37(32)51-39-24-23-28-12-3-4-14-31(28)41(39)42(45(35)51)46(36)52/h1-26H. The van der Waals surface area contributed by atoms with E-state index in [0.29, 0.717) is 5.95 Å². The lowest BCUT2D eigenvalue weighted by Crippen LogP contribution is -2.03. The molecule has 0 fully saturated rings. The Morgan fingerprint density at radius 3 is 1.96 bits per heavy atom. The highest BCUT2D eigenvalue weighted by Gasteiger charge is 2.27. The van der Waals surface area contributed by atoms with Crippen molar-refractivity contribution in [3.05, 3.63) is 158 Å². The molecule has 0 saturated heterocycles. The zero-order valence-corrected chi connectivity index (χ0v) is 29.0. The lowest BCUT2D eigenvalue weighted by Gasteiger charge is -2.12. The Bertz CT molecular complexity index is 3700. The van der Waals surface area contributed by atoms with E-state index in [9.17, 15) is 0 Å². The number of aromatic nitrogens is 4. The van der Waals surface area contributed by atoms with Crippen molar-refractivity contribution < 1.29 is 0 Å². The summed E-state index contributed by atoms with van der Waals surface area (Å²) < 4.78 is 7.16. The van der Waals surface area contributed by atoms with E-state index in [2.05, 4.69) is 167 Å². The zero-order chi connectivity index (χ0) is 34.4. The predicted molar refractivity (Wildman–Crippen MR) is 224 cm³/mol. The maximum atomic E-state index is 5.60. The quantitative estimate of drug-likeness (QED) is 0.181. The maximum Gasteiger partial charge on any atom is 0.235 e. The molecule has 0 N–H and O–H groups in total. The van der Waals surface area contributed by atoms with Crippen LogP contribution in [0.25, 0.3) is 119 Å². The fraction of sp³-hybridized carbons (Fsp3) is 0. The van der Waals surface area contributed by atoms with E-state index in [1.807, 2.05) is 0 Å². The predicted octanol–water partition coefficient (Wildman–Crippen LogP) is 13.1. The molecule has 0 unspecified atom stereocenters. The number of rotatable bonds is 2. The Morgan fingerprint density at radius 1 is 0.434 bits per heavy atom. The Kier molecular flexibility index (Phi) is 5.22. The van der Waals surface area contributed by atoms with Crippen LogP contribution < -0.4 is 0 Å². The van der Waals surface area contributed by atoms with Gasteiger partial charge in [0.05, 0.1) is 43.5 Å². The molecule has 13 aromatic rings. The second kappa shape index (κ2) is 9.94. The van der Waals surface area contributed by atoms with Gasteiger partial charge in [-0.2, -0.15) is 0 Å². The summed E-state index contributed by atoms with van der Waals surface area (Å²) in [6.45, 7) is 0. The van der Waals surface area contributed by atoms with Gasteiger partial charge in [-0.1, -0.05) is 121 Å². The average molecular weight is 691 g/mol. The molecule has 244 valence electrons. The monoisotopic (exact) mass is 690 g/mol. The van der Waals surface area contributed by atoms with Gasteiger partial charge in [0.2, 0.25) is 5.95 Å². The first kappa shape index (κ1) is 27.8. The van der Waals surface area contributed by atoms with Crippen molar-refractivity contribution in [2.75, 3.05) is 0 Å². The molecule has 0 atom stereocenters. The first-order valence-corrected chi connectivity index (χ1v) is 18.8. The van der Waals surface area contributed by atoms with Gasteiger partial charge in [0.25, 0.3) is 0 Å². The fourth-order valence-electron chi connectivity index (χ4n) is 9.19. The minimum Gasteiger partial charge on any atom is -0.308 e. The molecular formula is C48H26N4S. The Hall–Kier alpha value is -6.82. The molecule has 0 saturated carbocycles. The highest BCUT2D eigenvalue weighted by atomic mass is 32.1. The molecule has 0 aliphatic heterocycles. The van der Waals surface area contributed by atoms with Crippen LogP contribution >= 0.6 is 11.3 Å². The van der Waals surface area contributed by atoms with E-state index in [1.54, 1.807) is 11.3 Å². The number of benzene rings is 8. The summed E-state index contributed by atoms with van der Waals surface area (Å²) in [5, 5.41) is 13.5. The molecule has 0 bridgehead atoms. The summed E-state index contributed by atoms with van der Waals surface area (Å²) in [5.41, 5.74) is 8.95. The number of para-hydroxylation sites is 2. The molecule has 4 nitrogen and oxygen atoms in total. The second-order valence-electron chi connectivity index (χ2n) is 14.1. The molecule has 53 heavy (non-hydrogen) atoms. The van der Waals surface area contributed by atoms with Crippen LogP contribution in [0.15, 0.2) is 158 Å². The van der Waals surface area contributed by atoms with E-state index in [0.717, 1.165) is 37.9 Å². The van der Waals surface area contributed by atoms with Gasteiger partial charge >= 0.3 is 0 Å². The lowest BCUT2D eigenvalue weighted by atomic mass is 10.00. The van der Waals surface area contributed by atoms with Crippen LogP contribution in [0.5, 0.6) is 0 Å². The van der Waals surface area contributed by atoms with Crippen molar-refractivity contribution in [1.82, 2.24) is 18.9 Å². The molecule has 0 aliphatic rings. The molecule has 0 spiro atoms. The van der Waals surface area contributed by atoms with Crippen LogP contribution in [0.2, 0.25) is 0 Å². The van der Waals surface area contributed by atoms with Crippen LogP contribution in [0.3, 0.4) is 0 Å². The van der Waals surface area contributed by atoms with Gasteiger partial charge in [-0.3, -0.25) is 4.57 Å². The number of fused-ring (bicyclic) bond motifs is 16. The van der Waals surface area contributed by atoms with E-state index in [4.69, 9.17) is 9.97 Å². The highest BCUT2D eigenvalue weighted by molar-refractivity contribution is 7.26. The summed E-state index contributed by atoms with van der Waals surface area (Å²) in [4.78, 5) is 11.1. The minimum absolute atomic E-state index is 0.683. The van der Waals surface area contributed by atoms with Gasteiger partial charge < -0.3 is 4.40 Å². The van der Waals surface area contributed by atoms with E-state index < -0.39 is 0 Å². The largest absolute Gasteiger partial charge is 0.308 e. The van der Waals surface area contributed by atoms with Gasteiger partial charge in [-0.25, -0.2) is 9.97 Å². The van der Waals surface area contributed by atoms with Crippen LogP contribution in [0, 0.1) is 0 Å². The molecule has 0 amide bonds. The smallest absolute Gasteiger partial charge is 0.235 e. The van der Waals surface area contributed by atoms with Crippen LogP contribution in [-0.4, -0.2) is 18.9 Å². The van der Waals surface area contributed by atoms with Crippen molar-refractivity contribution in [1.29, 1.82) is 0 Å². The summed E-state index contributed by atoms with van der Waals surface area (Å²) in [5.74, 6) is 0.683. The van der Waals surface area contributed by atoms with E-state index in [1.165, 1.54) is 75.1 Å². The fourth-order valence-corrected chi connectivity index (χ4v) is 10.3. The van der Waals surface area contributed by atoms with Crippen molar-refractivity contribution in [2.45, 2.75) is 0 Å². The third-order valence-electron chi connectivity index (χ3n) is 11.4. The van der Waals surface area contributed by atoms with Gasteiger partial charge in [-0.15, -0.1) is 11.3 Å². The first-order valence-electron chi connectivity index (χ1n) is 18.0. The van der Waals surface area contributed by atoms with E-state index >= 15 is 0 Å². The minimum atomic E-state index is 0.683. The van der Waals surface area contributed by atoms with Crippen LogP contribution in [0.1, 0.15) is 0 Å². The Balaban J connectivity index is 1.27. The highest BCUT2D eigenvalue weighted by Crippen LogP contribution is 2.48. The molecule has 0 radical (unpaired) electrons. The number of hydrogen-bond acceptors (Lipinski definition) is 3. The summed E-state index contributed by atoms with van der Waals surface area (Å²) >= 11 is 1.78. The van der Waals surface area contributed by atoms with Crippen molar-refractivity contribution in [2.24, 2.45) is 0 Å². The first-order chi connectivity index (χ1) is 26.3. The van der Waals surface area contributed by atoms with Crippen molar-refractivity contribution >= 4 is 113 Å². The lowest BCUT2D eigenvalue weighted by molar-refractivity contribution is 1.02. The summed E-state index contributed by atoms with van der Waals surface area (Å²) in [6, 6.07) is 57.3. The van der Waals surface area contributed by atoms with Crippen LogP contribution in [0.4, 0.5) is 0 Å². The van der Waals surface area contributed by atoms with Crippen molar-refractivity contribution in [3.8, 4) is 17.2 Å². The third-order valence-corrected chi connectivity index (χ3v) is 12.6. The van der Waals surface area contributed by atoms with Crippen molar-refractivity contribution in [3.63, 3.8) is 0 Å². The summed E-state index contributed by atoms with van der Waals surface area (Å²) in [7, 11) is 0. The molecule has 5 aromatic heterocycles. The van der Waals surface area contributed by atoms with E-state index in [-0.39, 0.29) is 0 Å². The Morgan fingerprint density at radius 2 is 1.09 bits per heavy atom. The number of thiophene rings is 1. The SMILES string of the molecule is c1ccc2cc(-c3nc(-n4c5ccccc5c5cc6c7ccccc7n7c8ccc9ccccc9c8c(c54)c67)nc4c3sc3ccccc34)ccc2c1. The molecule has 5 heteroatoms. The molecular weight excluding hydrogens is 665 g/mol. The van der Waals surface area contributed by atoms with Gasteiger partial charge in [0, 0.05) is 48.0 Å². The number of hydrogen-bond donors (Lipinski definition) is 0. The van der Waals surface area contributed by atoms with Gasteiger partial charge in [0.15, 0.2) is 0 Å². The topological polar surface area (TPSA) is 35.1 Å². The third kappa shape index (κ3) is 3.54. The average Bonchev–Trinajstić information content (AvgIpc) is 3.96. The Labute approximate surface area is 305 Å². The summed E-state index contributed by atoms with van der Waals surface area (Å²) in [6.07, 6.45) is 0. The number of nitrogens with zero attached hydrogens (tertiary/aromatic N) is 4. The molecule has 5 heterocycles. The second-order valence-corrected chi connectivity index (χ2v) is 15.2. The molecule has 13 rings (SSSR count). The molecule has 0 aliphatic carbocycles. The van der Waals surface area contributed by atoms with Crippen LogP contribution in [-0.2, 0) is 0 Å². The molecule has 8 aromatic carbocycles. The maximum absolute atomic E-state index is 5.60.